The summed E-state index contributed by atoms with van der Waals surface area (Å²) in [6.07, 6.45) is 13.2. The highest BCUT2D eigenvalue weighted by Gasteiger charge is 2.10. The van der Waals surface area contributed by atoms with Crippen molar-refractivity contribution in [3.63, 3.8) is 0 Å². The van der Waals surface area contributed by atoms with Gasteiger partial charge in [0.25, 0.3) is 0 Å². The van der Waals surface area contributed by atoms with Gasteiger partial charge in [-0.1, -0.05) is 31.9 Å². The van der Waals surface area contributed by atoms with Crippen LogP contribution in [0.15, 0.2) is 12.2 Å². The van der Waals surface area contributed by atoms with E-state index in [1.165, 1.54) is 19.3 Å². The molecule has 21 heavy (non-hydrogen) atoms. The summed E-state index contributed by atoms with van der Waals surface area (Å²) in [4.78, 5) is 11.9. The van der Waals surface area contributed by atoms with E-state index >= 15 is 0 Å². The molecular formula is C17H33N3O. The summed E-state index contributed by atoms with van der Waals surface area (Å²) in [6, 6.07) is 0.173. The van der Waals surface area contributed by atoms with Gasteiger partial charge in [0.1, 0.15) is 0 Å². The SMILES string of the molecule is CCCCC/C=C\C1CC(=O)NCCCCNCCCN1. The lowest BCUT2D eigenvalue weighted by atomic mass is 10.1. The third kappa shape index (κ3) is 10.5. The van der Waals surface area contributed by atoms with Crippen LogP contribution in [0.5, 0.6) is 0 Å². The fraction of sp³-hybridized carbons (Fsp3) is 0.824. The maximum Gasteiger partial charge on any atom is 0.221 e. The van der Waals surface area contributed by atoms with Crippen LogP contribution in [0.2, 0.25) is 0 Å². The summed E-state index contributed by atoms with van der Waals surface area (Å²) in [5.41, 5.74) is 0. The number of rotatable bonds is 5. The minimum absolute atomic E-state index is 0.165. The van der Waals surface area contributed by atoms with Gasteiger partial charge in [0.15, 0.2) is 0 Å². The van der Waals surface area contributed by atoms with Gasteiger partial charge < -0.3 is 16.0 Å². The molecule has 1 aliphatic heterocycles. The lowest BCUT2D eigenvalue weighted by Gasteiger charge is -2.14. The molecule has 4 nitrogen and oxygen atoms in total. The lowest BCUT2D eigenvalue weighted by molar-refractivity contribution is -0.121. The van der Waals surface area contributed by atoms with Gasteiger partial charge in [0.05, 0.1) is 0 Å². The number of hydrogen-bond acceptors (Lipinski definition) is 3. The Morgan fingerprint density at radius 1 is 1.10 bits per heavy atom. The predicted molar refractivity (Wildman–Crippen MR) is 89.4 cm³/mol. The number of amides is 1. The molecule has 1 saturated heterocycles. The Morgan fingerprint density at radius 2 is 1.90 bits per heavy atom. The van der Waals surface area contributed by atoms with Crippen molar-refractivity contribution in [3.8, 4) is 0 Å². The van der Waals surface area contributed by atoms with Crippen LogP contribution in [-0.2, 0) is 4.79 Å². The van der Waals surface area contributed by atoms with Gasteiger partial charge in [0.2, 0.25) is 5.91 Å². The summed E-state index contributed by atoms with van der Waals surface area (Å²) in [5, 5.41) is 9.96. The fourth-order valence-corrected chi connectivity index (χ4v) is 2.48. The van der Waals surface area contributed by atoms with E-state index in [1.807, 2.05) is 0 Å². The second-order valence-corrected chi connectivity index (χ2v) is 5.85. The molecule has 1 heterocycles. The second-order valence-electron chi connectivity index (χ2n) is 5.85. The monoisotopic (exact) mass is 295 g/mol. The Morgan fingerprint density at radius 3 is 2.76 bits per heavy atom. The van der Waals surface area contributed by atoms with Crippen LogP contribution in [0.3, 0.4) is 0 Å². The standard InChI is InChI=1S/C17H33N3O/c1-2-3-4-5-6-10-16-15-17(21)20-13-8-7-11-18-12-9-14-19-16/h6,10,16,18-19H,2-5,7-9,11-15H2,1H3,(H,20,21)/b10-6-. The molecule has 0 saturated carbocycles. The van der Waals surface area contributed by atoms with Crippen molar-refractivity contribution >= 4 is 5.91 Å². The maximum atomic E-state index is 11.9. The van der Waals surface area contributed by atoms with Crippen LogP contribution in [0.4, 0.5) is 0 Å². The molecule has 1 fully saturated rings. The molecule has 0 spiro atoms. The van der Waals surface area contributed by atoms with Crippen LogP contribution in [0.25, 0.3) is 0 Å². The molecule has 0 aliphatic carbocycles. The quantitative estimate of drug-likeness (QED) is 0.539. The van der Waals surface area contributed by atoms with Gasteiger partial charge >= 0.3 is 0 Å². The number of hydrogen-bond donors (Lipinski definition) is 3. The Kier molecular flexibility index (Phi) is 11.1. The van der Waals surface area contributed by atoms with Gasteiger partial charge in [0, 0.05) is 19.0 Å². The van der Waals surface area contributed by atoms with E-state index < -0.39 is 0 Å². The zero-order valence-corrected chi connectivity index (χ0v) is 13.6. The second kappa shape index (κ2) is 12.8. The van der Waals surface area contributed by atoms with Crippen molar-refractivity contribution in [2.45, 2.75) is 64.3 Å². The Bertz CT molecular complexity index is 292. The zero-order chi connectivity index (χ0) is 15.2. The largest absolute Gasteiger partial charge is 0.356 e. The summed E-state index contributed by atoms with van der Waals surface area (Å²) in [5.74, 6) is 0.165. The minimum Gasteiger partial charge on any atom is -0.356 e. The summed E-state index contributed by atoms with van der Waals surface area (Å²) >= 11 is 0. The zero-order valence-electron chi connectivity index (χ0n) is 13.6. The number of carbonyl (C=O) groups excluding carboxylic acids is 1. The molecule has 4 heteroatoms. The van der Waals surface area contributed by atoms with E-state index in [-0.39, 0.29) is 11.9 Å². The minimum atomic E-state index is 0.165. The number of allylic oxidation sites excluding steroid dienone is 1. The Balaban J connectivity index is 2.37. The molecular weight excluding hydrogens is 262 g/mol. The van der Waals surface area contributed by atoms with Crippen molar-refractivity contribution in [1.82, 2.24) is 16.0 Å². The average Bonchev–Trinajstić information content (AvgIpc) is 2.49. The van der Waals surface area contributed by atoms with E-state index in [4.69, 9.17) is 0 Å². The third-order valence-corrected chi connectivity index (χ3v) is 3.79. The van der Waals surface area contributed by atoms with Crippen molar-refractivity contribution in [2.75, 3.05) is 26.2 Å². The molecule has 3 N–H and O–H groups in total. The smallest absolute Gasteiger partial charge is 0.221 e. The number of nitrogens with one attached hydrogen (secondary N) is 3. The van der Waals surface area contributed by atoms with Crippen LogP contribution in [0.1, 0.15) is 58.3 Å². The third-order valence-electron chi connectivity index (χ3n) is 3.79. The Labute approximate surface area is 130 Å². The number of carbonyl (C=O) groups is 1. The van der Waals surface area contributed by atoms with Crippen LogP contribution in [0, 0.1) is 0 Å². The molecule has 122 valence electrons. The van der Waals surface area contributed by atoms with E-state index in [9.17, 15) is 4.79 Å². The highest BCUT2D eigenvalue weighted by atomic mass is 16.1. The van der Waals surface area contributed by atoms with E-state index in [1.54, 1.807) is 0 Å². The summed E-state index contributed by atoms with van der Waals surface area (Å²) < 4.78 is 0. The van der Waals surface area contributed by atoms with E-state index in [2.05, 4.69) is 35.0 Å². The van der Waals surface area contributed by atoms with Crippen molar-refractivity contribution in [3.05, 3.63) is 12.2 Å². The topological polar surface area (TPSA) is 53.2 Å². The lowest BCUT2D eigenvalue weighted by Crippen LogP contribution is -2.35. The van der Waals surface area contributed by atoms with Crippen LogP contribution < -0.4 is 16.0 Å². The highest BCUT2D eigenvalue weighted by Crippen LogP contribution is 2.02. The maximum absolute atomic E-state index is 11.9. The predicted octanol–water partition coefficient (Wildman–Crippen LogP) is 2.36. The van der Waals surface area contributed by atoms with Crippen molar-refractivity contribution in [1.29, 1.82) is 0 Å². The van der Waals surface area contributed by atoms with Gasteiger partial charge in [-0.05, 0) is 51.7 Å². The molecule has 0 aromatic carbocycles. The summed E-state index contributed by atoms with van der Waals surface area (Å²) in [7, 11) is 0. The van der Waals surface area contributed by atoms with Gasteiger partial charge in [-0.3, -0.25) is 4.79 Å². The van der Waals surface area contributed by atoms with Gasteiger partial charge in [-0.25, -0.2) is 0 Å². The molecule has 0 radical (unpaired) electrons. The van der Waals surface area contributed by atoms with E-state index in [0.29, 0.717) is 6.42 Å². The van der Waals surface area contributed by atoms with Gasteiger partial charge in [-0.15, -0.1) is 0 Å². The number of unbranched alkanes of at least 4 members (excludes halogenated alkanes) is 3. The molecule has 1 rings (SSSR count). The fourth-order valence-electron chi connectivity index (χ4n) is 2.48. The van der Waals surface area contributed by atoms with Gasteiger partial charge in [-0.2, -0.15) is 0 Å². The normalized spacial score (nSPS) is 23.1. The molecule has 0 bridgehead atoms. The molecule has 1 aliphatic rings. The highest BCUT2D eigenvalue weighted by molar-refractivity contribution is 5.76. The van der Waals surface area contributed by atoms with Crippen LogP contribution in [-0.4, -0.2) is 38.1 Å². The molecule has 0 aromatic heterocycles. The average molecular weight is 295 g/mol. The molecule has 0 aromatic rings. The van der Waals surface area contributed by atoms with Crippen molar-refractivity contribution < 1.29 is 4.79 Å². The Hall–Kier alpha value is -0.870. The first-order chi connectivity index (χ1) is 10.3. The van der Waals surface area contributed by atoms with E-state index in [0.717, 1.165) is 51.9 Å². The summed E-state index contributed by atoms with van der Waals surface area (Å²) in [6.45, 7) is 6.09. The van der Waals surface area contributed by atoms with Crippen LogP contribution >= 0.6 is 0 Å². The molecule has 1 amide bonds. The molecule has 1 unspecified atom stereocenters. The molecule has 1 atom stereocenters. The first-order valence-electron chi connectivity index (χ1n) is 8.70. The van der Waals surface area contributed by atoms with Crippen molar-refractivity contribution in [2.24, 2.45) is 0 Å². The first-order valence-corrected chi connectivity index (χ1v) is 8.70. The first kappa shape index (κ1) is 18.2.